The van der Waals surface area contributed by atoms with Crippen molar-refractivity contribution < 1.29 is 9.90 Å². The molecule has 1 heterocycles. The molecule has 0 aliphatic heterocycles. The van der Waals surface area contributed by atoms with Gasteiger partial charge in [0.25, 0.3) is 0 Å². The van der Waals surface area contributed by atoms with E-state index in [1.165, 1.54) is 12.8 Å². The number of carboxylic acid groups (broad SMARTS) is 1. The van der Waals surface area contributed by atoms with Gasteiger partial charge in [-0.25, -0.2) is 4.79 Å². The third-order valence-electron chi connectivity index (χ3n) is 3.19. The van der Waals surface area contributed by atoms with Crippen LogP contribution in [0.1, 0.15) is 49.1 Å². The average molecular weight is 208 g/mol. The predicted molar refractivity (Wildman–Crippen MR) is 55.9 cm³/mol. The first-order valence-corrected chi connectivity index (χ1v) is 5.45. The Morgan fingerprint density at radius 1 is 1.47 bits per heavy atom. The minimum absolute atomic E-state index is 0.147. The molecule has 1 N–H and O–H groups in total. The number of aromatic nitrogens is 2. The van der Waals surface area contributed by atoms with Gasteiger partial charge in [-0.1, -0.05) is 6.92 Å². The first-order valence-electron chi connectivity index (χ1n) is 5.45. The summed E-state index contributed by atoms with van der Waals surface area (Å²) in [7, 11) is 0. The predicted octanol–water partition coefficient (Wildman–Crippen LogP) is 2.33. The molecule has 0 radical (unpaired) electrons. The summed E-state index contributed by atoms with van der Waals surface area (Å²) in [4.78, 5) is 10.7. The maximum atomic E-state index is 10.7. The van der Waals surface area contributed by atoms with Crippen molar-refractivity contribution in [2.75, 3.05) is 0 Å². The lowest BCUT2D eigenvalue weighted by atomic mass is 9.87. The van der Waals surface area contributed by atoms with E-state index in [1.54, 1.807) is 12.3 Å². The molecule has 0 amide bonds. The molecule has 82 valence electrons. The van der Waals surface area contributed by atoms with Crippen LogP contribution in [0.25, 0.3) is 0 Å². The van der Waals surface area contributed by atoms with Crippen LogP contribution in [0.5, 0.6) is 0 Å². The van der Waals surface area contributed by atoms with Gasteiger partial charge >= 0.3 is 5.97 Å². The van der Waals surface area contributed by atoms with Crippen molar-refractivity contribution in [3.8, 4) is 0 Å². The van der Waals surface area contributed by atoms with Gasteiger partial charge in [0.1, 0.15) is 0 Å². The number of carboxylic acids is 1. The molecule has 1 aliphatic carbocycles. The molecular formula is C11H16N2O2. The van der Waals surface area contributed by atoms with E-state index in [-0.39, 0.29) is 5.69 Å². The molecule has 4 heteroatoms. The Hall–Kier alpha value is -1.32. The number of carbonyl (C=O) groups is 1. The third kappa shape index (κ3) is 2.19. The molecule has 1 fully saturated rings. The van der Waals surface area contributed by atoms with Gasteiger partial charge in [-0.05, 0) is 37.7 Å². The van der Waals surface area contributed by atoms with Crippen LogP contribution in [0.15, 0.2) is 12.3 Å². The summed E-state index contributed by atoms with van der Waals surface area (Å²) < 4.78 is 1.81. The lowest BCUT2D eigenvalue weighted by Gasteiger charge is -2.26. The molecule has 0 spiro atoms. The summed E-state index contributed by atoms with van der Waals surface area (Å²) in [5.41, 5.74) is 0.147. The van der Waals surface area contributed by atoms with E-state index >= 15 is 0 Å². The second-order valence-electron chi connectivity index (χ2n) is 4.40. The second kappa shape index (κ2) is 4.04. The number of nitrogens with zero attached hydrogens (tertiary/aromatic N) is 2. The van der Waals surface area contributed by atoms with Gasteiger partial charge in [-0.2, -0.15) is 5.10 Å². The van der Waals surface area contributed by atoms with E-state index in [2.05, 4.69) is 12.0 Å². The largest absolute Gasteiger partial charge is 0.476 e. The maximum Gasteiger partial charge on any atom is 0.356 e. The maximum absolute atomic E-state index is 10.7. The van der Waals surface area contributed by atoms with E-state index in [0.717, 1.165) is 18.8 Å². The van der Waals surface area contributed by atoms with Crippen LogP contribution >= 0.6 is 0 Å². The Morgan fingerprint density at radius 2 is 2.13 bits per heavy atom. The standard InChI is InChI=1S/C11H16N2O2/c1-8-2-4-9(5-3-8)13-7-6-10(12-13)11(14)15/h6-9H,2-5H2,1H3,(H,14,15). The third-order valence-corrected chi connectivity index (χ3v) is 3.19. The van der Waals surface area contributed by atoms with Crippen molar-refractivity contribution in [3.63, 3.8) is 0 Å². The van der Waals surface area contributed by atoms with Crippen LogP contribution in [0.3, 0.4) is 0 Å². The highest BCUT2D eigenvalue weighted by atomic mass is 16.4. The summed E-state index contributed by atoms with van der Waals surface area (Å²) in [6.07, 6.45) is 6.44. The van der Waals surface area contributed by atoms with Crippen molar-refractivity contribution >= 4 is 5.97 Å². The number of hydrogen-bond donors (Lipinski definition) is 1. The highest BCUT2D eigenvalue weighted by molar-refractivity contribution is 5.85. The van der Waals surface area contributed by atoms with E-state index in [9.17, 15) is 4.79 Å². The fourth-order valence-electron chi connectivity index (χ4n) is 2.16. The molecule has 0 aromatic carbocycles. The highest BCUT2D eigenvalue weighted by Crippen LogP contribution is 2.31. The minimum Gasteiger partial charge on any atom is -0.476 e. The molecule has 1 aromatic heterocycles. The fraction of sp³-hybridized carbons (Fsp3) is 0.636. The average Bonchev–Trinajstić information content (AvgIpc) is 2.68. The van der Waals surface area contributed by atoms with Gasteiger partial charge in [0.2, 0.25) is 0 Å². The van der Waals surface area contributed by atoms with Crippen molar-refractivity contribution in [3.05, 3.63) is 18.0 Å². The molecule has 4 nitrogen and oxygen atoms in total. The highest BCUT2D eigenvalue weighted by Gasteiger charge is 2.20. The van der Waals surface area contributed by atoms with Crippen LogP contribution in [-0.4, -0.2) is 20.9 Å². The quantitative estimate of drug-likeness (QED) is 0.811. The molecule has 1 aliphatic rings. The van der Waals surface area contributed by atoms with Crippen LogP contribution in [0.4, 0.5) is 0 Å². The Labute approximate surface area is 88.9 Å². The molecular weight excluding hydrogens is 192 g/mol. The Kier molecular flexibility index (Phi) is 2.75. The molecule has 2 rings (SSSR count). The van der Waals surface area contributed by atoms with Crippen LogP contribution in [-0.2, 0) is 0 Å². The molecule has 0 saturated heterocycles. The lowest BCUT2D eigenvalue weighted by Crippen LogP contribution is -2.17. The molecule has 15 heavy (non-hydrogen) atoms. The zero-order valence-electron chi connectivity index (χ0n) is 8.89. The van der Waals surface area contributed by atoms with Gasteiger partial charge < -0.3 is 5.11 Å². The molecule has 0 unspecified atom stereocenters. The normalized spacial score (nSPS) is 26.5. The van der Waals surface area contributed by atoms with E-state index in [4.69, 9.17) is 5.11 Å². The van der Waals surface area contributed by atoms with Crippen molar-refractivity contribution in [1.29, 1.82) is 0 Å². The van der Waals surface area contributed by atoms with E-state index < -0.39 is 5.97 Å². The zero-order chi connectivity index (χ0) is 10.8. The van der Waals surface area contributed by atoms with Gasteiger partial charge in [-0.15, -0.1) is 0 Å². The van der Waals surface area contributed by atoms with Gasteiger partial charge in [0.15, 0.2) is 5.69 Å². The van der Waals surface area contributed by atoms with Gasteiger partial charge in [0, 0.05) is 6.20 Å². The summed E-state index contributed by atoms with van der Waals surface area (Å²) in [5.74, 6) is -0.145. The molecule has 1 saturated carbocycles. The van der Waals surface area contributed by atoms with Crippen LogP contribution < -0.4 is 0 Å². The smallest absolute Gasteiger partial charge is 0.356 e. The van der Waals surface area contributed by atoms with E-state index in [1.807, 2.05) is 4.68 Å². The number of hydrogen-bond acceptors (Lipinski definition) is 2. The first kappa shape index (κ1) is 10.2. The summed E-state index contributed by atoms with van der Waals surface area (Å²) in [5, 5.41) is 12.8. The summed E-state index contributed by atoms with van der Waals surface area (Å²) >= 11 is 0. The van der Waals surface area contributed by atoms with Gasteiger partial charge in [0.05, 0.1) is 6.04 Å². The summed E-state index contributed by atoms with van der Waals surface area (Å²) in [6.45, 7) is 2.27. The Balaban J connectivity index is 2.06. The second-order valence-corrected chi connectivity index (χ2v) is 4.40. The Bertz CT molecular complexity index is 351. The first-order chi connectivity index (χ1) is 7.16. The van der Waals surface area contributed by atoms with Crippen LogP contribution in [0.2, 0.25) is 0 Å². The van der Waals surface area contributed by atoms with Crippen molar-refractivity contribution in [1.82, 2.24) is 9.78 Å². The fourth-order valence-corrected chi connectivity index (χ4v) is 2.16. The minimum atomic E-state index is -0.946. The van der Waals surface area contributed by atoms with Crippen molar-refractivity contribution in [2.24, 2.45) is 5.92 Å². The number of rotatable bonds is 2. The van der Waals surface area contributed by atoms with Crippen molar-refractivity contribution in [2.45, 2.75) is 38.6 Å². The van der Waals surface area contributed by atoms with E-state index in [0.29, 0.717) is 6.04 Å². The molecule has 0 bridgehead atoms. The lowest BCUT2D eigenvalue weighted by molar-refractivity contribution is 0.0688. The SMILES string of the molecule is CC1CCC(n2ccc(C(=O)O)n2)CC1. The summed E-state index contributed by atoms with van der Waals surface area (Å²) in [6, 6.07) is 1.97. The zero-order valence-corrected chi connectivity index (χ0v) is 8.89. The molecule has 0 atom stereocenters. The topological polar surface area (TPSA) is 55.1 Å². The number of aromatic carboxylic acids is 1. The Morgan fingerprint density at radius 3 is 2.67 bits per heavy atom. The molecule has 1 aromatic rings. The van der Waals surface area contributed by atoms with Gasteiger partial charge in [-0.3, -0.25) is 4.68 Å². The van der Waals surface area contributed by atoms with Crippen LogP contribution in [0, 0.1) is 5.92 Å². The monoisotopic (exact) mass is 208 g/mol.